The van der Waals surface area contributed by atoms with E-state index in [1.165, 1.54) is 45.2 Å². The molecule has 0 spiro atoms. The second kappa shape index (κ2) is 5.50. The minimum atomic E-state index is 0.694. The highest BCUT2D eigenvalue weighted by Crippen LogP contribution is 2.35. The first-order chi connectivity index (χ1) is 7.70. The average molecular weight is 224 g/mol. The highest BCUT2D eigenvalue weighted by Gasteiger charge is 2.32. The standard InChI is InChI=1S/C14H28N2/c1-4-14-8-10-16(9-7-11(2)15-14)12(3)13-5-6-13/h11-15H,4-10H2,1-3H3. The van der Waals surface area contributed by atoms with E-state index in [4.69, 9.17) is 0 Å². The van der Waals surface area contributed by atoms with Gasteiger partial charge in [-0.2, -0.15) is 0 Å². The van der Waals surface area contributed by atoms with Crippen LogP contribution in [0.4, 0.5) is 0 Å². The first kappa shape index (κ1) is 12.4. The van der Waals surface area contributed by atoms with E-state index in [9.17, 15) is 0 Å². The fraction of sp³-hybridized carbons (Fsp3) is 1.00. The fourth-order valence-electron chi connectivity index (χ4n) is 2.97. The van der Waals surface area contributed by atoms with E-state index in [0.29, 0.717) is 6.04 Å². The average Bonchev–Trinajstić information content (AvgIpc) is 3.06. The molecular weight excluding hydrogens is 196 g/mol. The van der Waals surface area contributed by atoms with Crippen molar-refractivity contribution in [3.8, 4) is 0 Å². The Labute approximate surface area is 101 Å². The van der Waals surface area contributed by atoms with Gasteiger partial charge in [-0.05, 0) is 65.0 Å². The quantitative estimate of drug-likeness (QED) is 0.793. The molecule has 1 aliphatic carbocycles. The lowest BCUT2D eigenvalue weighted by atomic mass is 10.0. The molecule has 1 saturated carbocycles. The Hall–Kier alpha value is -0.0800. The van der Waals surface area contributed by atoms with Gasteiger partial charge in [0.2, 0.25) is 0 Å². The van der Waals surface area contributed by atoms with E-state index in [2.05, 4.69) is 31.0 Å². The molecule has 1 N–H and O–H groups in total. The van der Waals surface area contributed by atoms with Crippen LogP contribution in [0.3, 0.4) is 0 Å². The lowest BCUT2D eigenvalue weighted by molar-refractivity contribution is 0.154. The van der Waals surface area contributed by atoms with E-state index < -0.39 is 0 Å². The summed E-state index contributed by atoms with van der Waals surface area (Å²) in [6.45, 7) is 9.69. The molecule has 94 valence electrons. The smallest absolute Gasteiger partial charge is 0.00952 e. The molecular formula is C14H28N2. The van der Waals surface area contributed by atoms with Crippen LogP contribution in [0.15, 0.2) is 0 Å². The molecule has 2 nitrogen and oxygen atoms in total. The summed E-state index contributed by atoms with van der Waals surface area (Å²) in [5, 5.41) is 3.75. The van der Waals surface area contributed by atoms with E-state index in [0.717, 1.165) is 18.0 Å². The SMILES string of the molecule is CCC1CCN(C(C)C2CC2)CCC(C)N1. The Bertz CT molecular complexity index is 213. The molecule has 2 rings (SSSR count). The Kier molecular flexibility index (Phi) is 4.26. The Morgan fingerprint density at radius 2 is 1.88 bits per heavy atom. The summed E-state index contributed by atoms with van der Waals surface area (Å²) in [7, 11) is 0. The van der Waals surface area contributed by atoms with Crippen molar-refractivity contribution in [3.05, 3.63) is 0 Å². The van der Waals surface area contributed by atoms with Crippen LogP contribution >= 0.6 is 0 Å². The zero-order chi connectivity index (χ0) is 11.5. The van der Waals surface area contributed by atoms with Gasteiger partial charge in [0.1, 0.15) is 0 Å². The van der Waals surface area contributed by atoms with Crippen LogP contribution in [0.25, 0.3) is 0 Å². The molecule has 0 amide bonds. The molecule has 0 aromatic heterocycles. The summed E-state index contributed by atoms with van der Waals surface area (Å²) in [5.74, 6) is 1.02. The van der Waals surface area contributed by atoms with Crippen molar-refractivity contribution in [3.63, 3.8) is 0 Å². The molecule has 2 heteroatoms. The van der Waals surface area contributed by atoms with Crippen molar-refractivity contribution in [2.75, 3.05) is 13.1 Å². The third-order valence-electron chi connectivity index (χ3n) is 4.51. The molecule has 0 bridgehead atoms. The maximum Gasteiger partial charge on any atom is 0.00952 e. The van der Waals surface area contributed by atoms with Crippen molar-refractivity contribution in [1.82, 2.24) is 10.2 Å². The zero-order valence-corrected chi connectivity index (χ0v) is 11.2. The molecule has 0 radical (unpaired) electrons. The minimum absolute atomic E-state index is 0.694. The second-order valence-corrected chi connectivity index (χ2v) is 5.86. The van der Waals surface area contributed by atoms with Gasteiger partial charge in [0.15, 0.2) is 0 Å². The third kappa shape index (κ3) is 3.21. The second-order valence-electron chi connectivity index (χ2n) is 5.86. The molecule has 3 atom stereocenters. The van der Waals surface area contributed by atoms with Crippen LogP contribution < -0.4 is 5.32 Å². The van der Waals surface area contributed by atoms with Gasteiger partial charge in [-0.3, -0.25) is 0 Å². The fourth-order valence-corrected chi connectivity index (χ4v) is 2.97. The number of nitrogens with one attached hydrogen (secondary N) is 1. The summed E-state index contributed by atoms with van der Waals surface area (Å²) in [5.41, 5.74) is 0. The van der Waals surface area contributed by atoms with Crippen molar-refractivity contribution in [2.24, 2.45) is 5.92 Å². The van der Waals surface area contributed by atoms with Crippen LogP contribution in [0.1, 0.15) is 52.9 Å². The molecule has 3 unspecified atom stereocenters. The van der Waals surface area contributed by atoms with Crippen molar-refractivity contribution in [2.45, 2.75) is 71.0 Å². The number of nitrogens with zero attached hydrogens (tertiary/aromatic N) is 1. The number of hydrogen-bond donors (Lipinski definition) is 1. The van der Waals surface area contributed by atoms with Crippen molar-refractivity contribution < 1.29 is 0 Å². The lowest BCUT2D eigenvalue weighted by Crippen LogP contribution is -2.46. The molecule has 2 aliphatic rings. The van der Waals surface area contributed by atoms with Crippen molar-refractivity contribution in [1.29, 1.82) is 0 Å². The molecule has 1 heterocycles. The van der Waals surface area contributed by atoms with E-state index in [-0.39, 0.29) is 0 Å². The first-order valence-corrected chi connectivity index (χ1v) is 7.20. The summed E-state index contributed by atoms with van der Waals surface area (Å²) in [4.78, 5) is 2.75. The maximum atomic E-state index is 3.75. The van der Waals surface area contributed by atoms with Crippen LogP contribution in [0.2, 0.25) is 0 Å². The van der Waals surface area contributed by atoms with Gasteiger partial charge in [0.25, 0.3) is 0 Å². The predicted octanol–water partition coefficient (Wildman–Crippen LogP) is 2.64. The van der Waals surface area contributed by atoms with E-state index >= 15 is 0 Å². The Morgan fingerprint density at radius 1 is 1.19 bits per heavy atom. The summed E-state index contributed by atoms with van der Waals surface area (Å²) < 4.78 is 0. The Balaban J connectivity index is 1.88. The van der Waals surface area contributed by atoms with Crippen LogP contribution in [0, 0.1) is 5.92 Å². The highest BCUT2D eigenvalue weighted by atomic mass is 15.2. The van der Waals surface area contributed by atoms with E-state index in [1.54, 1.807) is 0 Å². The van der Waals surface area contributed by atoms with Gasteiger partial charge >= 0.3 is 0 Å². The number of rotatable bonds is 3. The Morgan fingerprint density at radius 3 is 2.50 bits per heavy atom. The van der Waals surface area contributed by atoms with Gasteiger partial charge in [0, 0.05) is 18.1 Å². The van der Waals surface area contributed by atoms with Crippen LogP contribution in [-0.2, 0) is 0 Å². The minimum Gasteiger partial charge on any atom is -0.311 e. The van der Waals surface area contributed by atoms with Gasteiger partial charge < -0.3 is 10.2 Å². The third-order valence-corrected chi connectivity index (χ3v) is 4.51. The van der Waals surface area contributed by atoms with Gasteiger partial charge in [-0.1, -0.05) is 6.92 Å². The van der Waals surface area contributed by atoms with Gasteiger partial charge in [0.05, 0.1) is 0 Å². The largest absolute Gasteiger partial charge is 0.311 e. The molecule has 0 aromatic carbocycles. The predicted molar refractivity (Wildman–Crippen MR) is 69.7 cm³/mol. The summed E-state index contributed by atoms with van der Waals surface area (Å²) >= 11 is 0. The normalized spacial score (nSPS) is 35.4. The summed E-state index contributed by atoms with van der Waals surface area (Å²) in [6.07, 6.45) is 6.87. The van der Waals surface area contributed by atoms with Crippen molar-refractivity contribution >= 4 is 0 Å². The monoisotopic (exact) mass is 224 g/mol. The highest BCUT2D eigenvalue weighted by molar-refractivity contribution is 4.87. The zero-order valence-electron chi connectivity index (χ0n) is 11.2. The molecule has 1 saturated heterocycles. The van der Waals surface area contributed by atoms with Crippen LogP contribution in [0.5, 0.6) is 0 Å². The molecule has 2 fully saturated rings. The van der Waals surface area contributed by atoms with E-state index in [1.807, 2.05) is 0 Å². The van der Waals surface area contributed by atoms with Gasteiger partial charge in [-0.15, -0.1) is 0 Å². The molecule has 0 aromatic rings. The number of hydrogen-bond acceptors (Lipinski definition) is 2. The first-order valence-electron chi connectivity index (χ1n) is 7.20. The van der Waals surface area contributed by atoms with Gasteiger partial charge in [-0.25, -0.2) is 0 Å². The topological polar surface area (TPSA) is 15.3 Å². The lowest BCUT2D eigenvalue weighted by Gasteiger charge is -2.35. The molecule has 16 heavy (non-hydrogen) atoms. The van der Waals surface area contributed by atoms with Crippen LogP contribution in [-0.4, -0.2) is 36.1 Å². The molecule has 1 aliphatic heterocycles. The summed E-state index contributed by atoms with van der Waals surface area (Å²) in [6, 6.07) is 2.27. The maximum absolute atomic E-state index is 3.75.